The van der Waals surface area contributed by atoms with Crippen LogP contribution in [0.4, 0.5) is 0 Å². The second kappa shape index (κ2) is 13.0. The number of hydrogen-bond acceptors (Lipinski definition) is 4. The van der Waals surface area contributed by atoms with Crippen molar-refractivity contribution in [3.63, 3.8) is 0 Å². The van der Waals surface area contributed by atoms with Crippen molar-refractivity contribution in [2.24, 2.45) is 5.92 Å². The topological polar surface area (TPSA) is 55.8 Å². The molecule has 0 radical (unpaired) electrons. The Morgan fingerprint density at radius 2 is 1.79 bits per heavy atom. The van der Waals surface area contributed by atoms with E-state index < -0.39 is 12.8 Å². The van der Waals surface area contributed by atoms with Crippen LogP contribution >= 0.6 is 20.1 Å². The molecule has 1 rings (SSSR count). The van der Waals surface area contributed by atoms with Gasteiger partial charge in [-0.1, -0.05) is 44.8 Å². The summed E-state index contributed by atoms with van der Waals surface area (Å²) in [6.07, 6.45) is 11.0. The monoisotopic (exact) mass is 434 g/mol. The van der Waals surface area contributed by atoms with Crippen LogP contribution in [-0.2, 0) is 13.8 Å². The molecule has 0 spiro atoms. The van der Waals surface area contributed by atoms with Crippen LogP contribution in [0.1, 0.15) is 98.8 Å². The average molecular weight is 434 g/mol. The molecule has 0 heterocycles. The summed E-state index contributed by atoms with van der Waals surface area (Å²) in [5.74, 6) is 0.977. The minimum atomic E-state index is -3.63. The number of hydrogen-bond donors (Lipinski definition) is 2. The van der Waals surface area contributed by atoms with E-state index in [1.165, 1.54) is 19.3 Å². The lowest BCUT2D eigenvalue weighted by Gasteiger charge is -2.31. The fraction of sp³-hybridized carbons (Fsp3) is 1.00. The molecule has 1 aliphatic rings. The van der Waals surface area contributed by atoms with Gasteiger partial charge in [0.05, 0.1) is 24.0 Å². The van der Waals surface area contributed by atoms with E-state index in [4.69, 9.17) is 9.26 Å². The van der Waals surface area contributed by atoms with Gasteiger partial charge in [-0.3, -0.25) is 4.57 Å². The Balaban J connectivity index is 2.74. The van der Waals surface area contributed by atoms with E-state index >= 15 is 0 Å². The van der Waals surface area contributed by atoms with E-state index in [1.807, 2.05) is 20.8 Å². The fourth-order valence-electron chi connectivity index (χ4n) is 4.19. The van der Waals surface area contributed by atoms with E-state index in [-0.39, 0.29) is 12.2 Å². The summed E-state index contributed by atoms with van der Waals surface area (Å²) in [5.41, 5.74) is 0. The van der Waals surface area contributed by atoms with E-state index in [0.29, 0.717) is 24.8 Å². The molecule has 1 N–H and O–H groups in total. The van der Waals surface area contributed by atoms with Gasteiger partial charge in [0, 0.05) is 0 Å². The van der Waals surface area contributed by atoms with Gasteiger partial charge in [0.15, 0.2) is 6.56 Å². The lowest BCUT2D eigenvalue weighted by atomic mass is 9.77. The molecule has 4 atom stereocenters. The van der Waals surface area contributed by atoms with E-state index in [0.717, 1.165) is 45.1 Å². The number of ether oxygens (including phenoxy) is 1. The molecule has 0 amide bonds. The fourth-order valence-corrected chi connectivity index (χ4v) is 5.82. The maximum atomic E-state index is 12.8. The van der Waals surface area contributed by atoms with E-state index in [9.17, 15) is 9.46 Å². The molecule has 166 valence electrons. The SMILES string of the molecule is CCCC(C)(C)P(=O)(O)OCC1CCCC(BS)CCCC(OC(C)C)CC1. The van der Waals surface area contributed by atoms with Gasteiger partial charge >= 0.3 is 7.60 Å². The largest absolute Gasteiger partial charge is 0.376 e. The standard InChI is InChI=1S/C21H44BO4PS/c1-6-15-21(4,5)27(23,24)25-16-18-9-7-10-19(22-28)11-8-12-20(14-13-18)26-17(2)3/h17-20,22,28H,6-16H2,1-5H3,(H,23,24). The molecule has 0 aliphatic heterocycles. The van der Waals surface area contributed by atoms with Gasteiger partial charge in [0.2, 0.25) is 0 Å². The third-order valence-corrected chi connectivity index (χ3v) is 8.86. The first-order valence-corrected chi connectivity index (χ1v) is 13.6. The maximum Gasteiger partial charge on any atom is 0.333 e. The normalized spacial score (nSPS) is 27.8. The molecule has 1 aliphatic carbocycles. The van der Waals surface area contributed by atoms with Gasteiger partial charge in [-0.05, 0) is 65.7 Å². The Kier molecular flexibility index (Phi) is 12.4. The summed E-state index contributed by atoms with van der Waals surface area (Å²) in [5, 5.41) is -0.685. The van der Waals surface area contributed by atoms with Gasteiger partial charge in [0.25, 0.3) is 0 Å². The van der Waals surface area contributed by atoms with Crippen molar-refractivity contribution in [1.82, 2.24) is 0 Å². The highest BCUT2D eigenvalue weighted by atomic mass is 32.1. The minimum absolute atomic E-state index is 0.234. The van der Waals surface area contributed by atoms with Crippen LogP contribution < -0.4 is 0 Å². The highest BCUT2D eigenvalue weighted by molar-refractivity contribution is 8.07. The van der Waals surface area contributed by atoms with Crippen molar-refractivity contribution in [3.8, 4) is 0 Å². The van der Waals surface area contributed by atoms with Gasteiger partial charge in [-0.25, -0.2) is 12.5 Å². The zero-order valence-corrected chi connectivity index (χ0v) is 20.6. The molecule has 28 heavy (non-hydrogen) atoms. The van der Waals surface area contributed by atoms with Gasteiger partial charge in [0.1, 0.15) is 0 Å². The first-order valence-electron chi connectivity index (χ1n) is 11.3. The van der Waals surface area contributed by atoms with Crippen LogP contribution in [0.15, 0.2) is 0 Å². The quantitative estimate of drug-likeness (QED) is 0.251. The maximum absolute atomic E-state index is 12.8. The Labute approximate surface area is 180 Å². The first-order chi connectivity index (χ1) is 13.1. The zero-order valence-electron chi connectivity index (χ0n) is 18.9. The Bertz CT molecular complexity index is 475. The third kappa shape index (κ3) is 9.56. The van der Waals surface area contributed by atoms with Crippen molar-refractivity contribution >= 4 is 26.6 Å². The Morgan fingerprint density at radius 3 is 2.36 bits per heavy atom. The van der Waals surface area contributed by atoms with Crippen molar-refractivity contribution in [3.05, 3.63) is 0 Å². The summed E-state index contributed by atoms with van der Waals surface area (Å²) in [4.78, 5) is 10.5. The molecular weight excluding hydrogens is 390 g/mol. The average Bonchev–Trinajstić information content (AvgIpc) is 2.64. The summed E-state index contributed by atoms with van der Waals surface area (Å²) < 4.78 is 24.7. The minimum Gasteiger partial charge on any atom is -0.376 e. The van der Waals surface area contributed by atoms with Gasteiger partial charge < -0.3 is 14.2 Å². The van der Waals surface area contributed by atoms with Crippen LogP contribution in [0.25, 0.3) is 0 Å². The third-order valence-electron chi connectivity index (χ3n) is 6.09. The van der Waals surface area contributed by atoms with Crippen LogP contribution in [-0.4, -0.2) is 35.4 Å². The lowest BCUT2D eigenvalue weighted by Crippen LogP contribution is -2.24. The van der Waals surface area contributed by atoms with Gasteiger partial charge in [-0.2, -0.15) is 0 Å². The predicted octanol–water partition coefficient (Wildman–Crippen LogP) is 6.38. The van der Waals surface area contributed by atoms with Crippen LogP contribution in [0.2, 0.25) is 5.82 Å². The highest BCUT2D eigenvalue weighted by Crippen LogP contribution is 2.57. The molecule has 0 saturated heterocycles. The molecule has 0 aromatic carbocycles. The summed E-state index contributed by atoms with van der Waals surface area (Å²) in [7, 11) is -3.63. The number of rotatable bonds is 9. The molecule has 7 heteroatoms. The molecule has 0 bridgehead atoms. The van der Waals surface area contributed by atoms with E-state index in [2.05, 4.69) is 26.3 Å². The van der Waals surface area contributed by atoms with E-state index in [1.54, 1.807) is 0 Å². The summed E-state index contributed by atoms with van der Waals surface area (Å²) in [6, 6.07) is 0. The zero-order chi connectivity index (χ0) is 21.2. The predicted molar refractivity (Wildman–Crippen MR) is 125 cm³/mol. The second-order valence-corrected chi connectivity index (χ2v) is 12.4. The van der Waals surface area contributed by atoms with Crippen LogP contribution in [0.5, 0.6) is 0 Å². The molecule has 1 fully saturated rings. The van der Waals surface area contributed by atoms with Crippen LogP contribution in [0, 0.1) is 5.92 Å². The highest BCUT2D eigenvalue weighted by Gasteiger charge is 2.40. The summed E-state index contributed by atoms with van der Waals surface area (Å²) in [6.45, 7) is 11.2. The van der Waals surface area contributed by atoms with Crippen molar-refractivity contribution in [1.29, 1.82) is 0 Å². The molecule has 4 nitrogen and oxygen atoms in total. The van der Waals surface area contributed by atoms with Crippen LogP contribution in [0.3, 0.4) is 0 Å². The number of thiol groups is 1. The molecule has 4 unspecified atom stereocenters. The van der Waals surface area contributed by atoms with Gasteiger partial charge in [-0.15, -0.1) is 0 Å². The molecular formula is C21H44BO4PS. The molecule has 0 aromatic heterocycles. The molecule has 1 saturated carbocycles. The van der Waals surface area contributed by atoms with Crippen molar-refractivity contribution < 1.29 is 18.7 Å². The summed E-state index contributed by atoms with van der Waals surface area (Å²) >= 11 is 4.54. The van der Waals surface area contributed by atoms with Crippen molar-refractivity contribution in [2.45, 2.75) is 122 Å². The first kappa shape index (κ1) is 26.6. The Hall–Kier alpha value is 0.525. The molecule has 0 aromatic rings. The van der Waals surface area contributed by atoms with Crippen molar-refractivity contribution in [2.75, 3.05) is 6.61 Å². The lowest BCUT2D eigenvalue weighted by molar-refractivity contribution is -0.00680. The second-order valence-electron chi connectivity index (χ2n) is 9.54. The Morgan fingerprint density at radius 1 is 1.14 bits per heavy atom. The smallest absolute Gasteiger partial charge is 0.333 e.